The van der Waals surface area contributed by atoms with Gasteiger partial charge < -0.3 is 5.73 Å². The quantitative estimate of drug-likeness (QED) is 0.875. The zero-order valence-electron chi connectivity index (χ0n) is 11.4. The fraction of sp³-hybridized carbons (Fsp3) is 0.786. The molecule has 2 rings (SSSR count). The van der Waals surface area contributed by atoms with Crippen molar-refractivity contribution in [3.63, 3.8) is 0 Å². The lowest BCUT2D eigenvalue weighted by atomic mass is 9.62. The van der Waals surface area contributed by atoms with E-state index in [4.69, 9.17) is 5.73 Å². The second-order valence-electron chi connectivity index (χ2n) is 6.27. The minimum Gasteiger partial charge on any atom is -0.325 e. The minimum atomic E-state index is 0.00108. The first-order chi connectivity index (χ1) is 7.93. The van der Waals surface area contributed by atoms with Crippen molar-refractivity contribution >= 4 is 0 Å². The Morgan fingerprint density at radius 1 is 1.35 bits per heavy atom. The summed E-state index contributed by atoms with van der Waals surface area (Å²) in [6, 6.07) is 0. The van der Waals surface area contributed by atoms with Gasteiger partial charge in [-0.05, 0) is 36.7 Å². The van der Waals surface area contributed by atoms with E-state index >= 15 is 0 Å². The molecule has 0 aliphatic heterocycles. The summed E-state index contributed by atoms with van der Waals surface area (Å²) in [4.78, 5) is 0. The topological polar surface area (TPSA) is 43.8 Å². The van der Waals surface area contributed by atoms with E-state index in [1.165, 1.54) is 31.2 Å². The Kier molecular flexibility index (Phi) is 3.30. The van der Waals surface area contributed by atoms with Gasteiger partial charge in [0.1, 0.15) is 0 Å². The molecule has 3 heteroatoms. The molecule has 0 saturated heterocycles. The molecular weight excluding hydrogens is 210 g/mol. The Morgan fingerprint density at radius 3 is 2.65 bits per heavy atom. The molecule has 0 radical (unpaired) electrons. The van der Waals surface area contributed by atoms with Gasteiger partial charge in [0.15, 0.2) is 0 Å². The first-order valence-corrected chi connectivity index (χ1v) is 6.69. The summed E-state index contributed by atoms with van der Waals surface area (Å²) >= 11 is 0. The van der Waals surface area contributed by atoms with Crippen LogP contribution in [0.25, 0.3) is 0 Å². The van der Waals surface area contributed by atoms with E-state index < -0.39 is 0 Å². The van der Waals surface area contributed by atoms with Crippen LogP contribution in [-0.4, -0.2) is 15.3 Å². The van der Waals surface area contributed by atoms with Gasteiger partial charge in [0.05, 0.1) is 6.20 Å². The summed E-state index contributed by atoms with van der Waals surface area (Å²) in [5.74, 6) is 0. The van der Waals surface area contributed by atoms with Crippen molar-refractivity contribution in [3.05, 3.63) is 18.0 Å². The third-order valence-corrected chi connectivity index (χ3v) is 4.64. The highest BCUT2D eigenvalue weighted by molar-refractivity contribution is 5.08. The summed E-state index contributed by atoms with van der Waals surface area (Å²) in [6.45, 7) is 4.66. The summed E-state index contributed by atoms with van der Waals surface area (Å²) in [5.41, 5.74) is 8.24. The number of nitrogens with zero attached hydrogens (tertiary/aromatic N) is 2. The van der Waals surface area contributed by atoms with E-state index in [0.29, 0.717) is 0 Å². The predicted molar refractivity (Wildman–Crippen MR) is 70.7 cm³/mol. The lowest BCUT2D eigenvalue weighted by Gasteiger charge is -2.48. The molecule has 1 atom stereocenters. The van der Waals surface area contributed by atoms with Crippen molar-refractivity contribution in [1.29, 1.82) is 0 Å². The number of aryl methyl sites for hydroxylation is 2. The molecule has 2 N–H and O–H groups in total. The molecule has 0 amide bonds. The van der Waals surface area contributed by atoms with Gasteiger partial charge in [0, 0.05) is 18.8 Å². The monoisotopic (exact) mass is 235 g/mol. The molecule has 1 aliphatic rings. The van der Waals surface area contributed by atoms with Gasteiger partial charge in [-0.1, -0.05) is 26.7 Å². The van der Waals surface area contributed by atoms with Crippen molar-refractivity contribution in [3.8, 4) is 0 Å². The predicted octanol–water partition coefficient (Wildman–Crippen LogP) is 2.65. The molecular formula is C14H25N3. The van der Waals surface area contributed by atoms with Gasteiger partial charge in [0.2, 0.25) is 0 Å². The molecule has 1 fully saturated rings. The normalized spacial score (nSPS) is 28.2. The molecule has 1 heterocycles. The van der Waals surface area contributed by atoms with Crippen molar-refractivity contribution in [2.45, 2.75) is 57.9 Å². The molecule has 3 nitrogen and oxygen atoms in total. The molecule has 0 spiro atoms. The third kappa shape index (κ3) is 2.54. The van der Waals surface area contributed by atoms with Crippen LogP contribution in [0.5, 0.6) is 0 Å². The van der Waals surface area contributed by atoms with Gasteiger partial charge in [-0.15, -0.1) is 0 Å². The molecule has 1 aromatic heterocycles. The molecule has 1 unspecified atom stereocenters. The van der Waals surface area contributed by atoms with E-state index in [-0.39, 0.29) is 11.0 Å². The van der Waals surface area contributed by atoms with Crippen LogP contribution >= 0.6 is 0 Å². The summed E-state index contributed by atoms with van der Waals surface area (Å²) in [7, 11) is 1.96. The average molecular weight is 235 g/mol. The maximum atomic E-state index is 6.66. The van der Waals surface area contributed by atoms with Gasteiger partial charge in [0.25, 0.3) is 0 Å². The van der Waals surface area contributed by atoms with Crippen LogP contribution in [0.1, 0.15) is 51.5 Å². The van der Waals surface area contributed by atoms with Gasteiger partial charge in [-0.2, -0.15) is 5.10 Å². The van der Waals surface area contributed by atoms with Crippen molar-refractivity contribution in [2.24, 2.45) is 18.2 Å². The van der Waals surface area contributed by atoms with E-state index in [0.717, 1.165) is 12.8 Å². The Balaban J connectivity index is 2.01. The molecule has 0 bridgehead atoms. The Labute approximate surface area is 104 Å². The Morgan fingerprint density at radius 2 is 2.06 bits per heavy atom. The molecule has 1 aliphatic carbocycles. The zero-order chi connectivity index (χ0) is 12.5. The first-order valence-electron chi connectivity index (χ1n) is 6.69. The highest BCUT2D eigenvalue weighted by Gasteiger charge is 2.42. The van der Waals surface area contributed by atoms with Crippen molar-refractivity contribution in [1.82, 2.24) is 9.78 Å². The number of hydrogen-bond donors (Lipinski definition) is 1. The number of hydrogen-bond acceptors (Lipinski definition) is 2. The van der Waals surface area contributed by atoms with E-state index in [1.54, 1.807) is 0 Å². The molecule has 1 saturated carbocycles. The number of rotatable bonds is 3. The second-order valence-corrected chi connectivity index (χ2v) is 6.27. The van der Waals surface area contributed by atoms with E-state index in [2.05, 4.69) is 25.1 Å². The lowest BCUT2D eigenvalue weighted by molar-refractivity contribution is 0.0910. The van der Waals surface area contributed by atoms with Gasteiger partial charge in [-0.25, -0.2) is 0 Å². The molecule has 96 valence electrons. The first kappa shape index (κ1) is 12.6. The van der Waals surface area contributed by atoms with Crippen LogP contribution in [0.2, 0.25) is 0 Å². The van der Waals surface area contributed by atoms with E-state index in [1.807, 2.05) is 17.9 Å². The van der Waals surface area contributed by atoms with Crippen LogP contribution < -0.4 is 5.73 Å². The smallest absolute Gasteiger partial charge is 0.0521 e. The zero-order valence-corrected chi connectivity index (χ0v) is 11.4. The van der Waals surface area contributed by atoms with Gasteiger partial charge >= 0.3 is 0 Å². The molecule has 1 aromatic rings. The summed E-state index contributed by atoms with van der Waals surface area (Å²) < 4.78 is 1.87. The van der Waals surface area contributed by atoms with Crippen LogP contribution in [0.3, 0.4) is 0 Å². The van der Waals surface area contributed by atoms with Crippen molar-refractivity contribution < 1.29 is 0 Å². The van der Waals surface area contributed by atoms with Gasteiger partial charge in [-0.3, -0.25) is 4.68 Å². The van der Waals surface area contributed by atoms with Crippen LogP contribution in [0, 0.1) is 5.41 Å². The fourth-order valence-electron chi connectivity index (χ4n) is 3.03. The van der Waals surface area contributed by atoms with Crippen LogP contribution in [0.15, 0.2) is 12.4 Å². The maximum Gasteiger partial charge on any atom is 0.0521 e. The second kappa shape index (κ2) is 4.45. The van der Waals surface area contributed by atoms with Crippen LogP contribution in [-0.2, 0) is 13.5 Å². The SMILES string of the molecule is Cn1cc(CCC2(N)CCCCC2(C)C)cn1. The molecule has 17 heavy (non-hydrogen) atoms. The summed E-state index contributed by atoms with van der Waals surface area (Å²) in [5, 5.41) is 4.22. The lowest BCUT2D eigenvalue weighted by Crippen LogP contribution is -2.54. The minimum absolute atomic E-state index is 0.00108. The standard InChI is InChI=1S/C14H25N3/c1-13(2)7-4-5-8-14(13,15)9-6-12-10-16-17(3)11-12/h10-11H,4-9,15H2,1-3H3. The number of nitrogens with two attached hydrogens (primary N) is 1. The Bertz CT molecular complexity index is 381. The van der Waals surface area contributed by atoms with Crippen molar-refractivity contribution in [2.75, 3.05) is 0 Å². The largest absolute Gasteiger partial charge is 0.325 e. The number of aromatic nitrogens is 2. The average Bonchev–Trinajstić information content (AvgIpc) is 2.66. The fourth-order valence-corrected chi connectivity index (χ4v) is 3.03. The summed E-state index contributed by atoms with van der Waals surface area (Å²) in [6.07, 6.45) is 11.2. The third-order valence-electron chi connectivity index (χ3n) is 4.64. The Hall–Kier alpha value is -0.830. The highest BCUT2D eigenvalue weighted by Crippen LogP contribution is 2.44. The molecule has 0 aromatic carbocycles. The van der Waals surface area contributed by atoms with Crippen LogP contribution in [0.4, 0.5) is 0 Å². The highest BCUT2D eigenvalue weighted by atomic mass is 15.2. The van der Waals surface area contributed by atoms with E-state index in [9.17, 15) is 0 Å². The maximum absolute atomic E-state index is 6.66.